The summed E-state index contributed by atoms with van der Waals surface area (Å²) in [5.74, 6) is -0.0620. The molecule has 7 heteroatoms. The molecule has 0 fully saturated rings. The van der Waals surface area contributed by atoms with E-state index < -0.39 is 0 Å². The molecule has 0 unspecified atom stereocenters. The maximum atomic E-state index is 13.3. The van der Waals surface area contributed by atoms with Gasteiger partial charge in [-0.2, -0.15) is 5.10 Å². The normalized spacial score (nSPS) is 11.1. The largest absolute Gasteiger partial charge is 0.282 e. The Morgan fingerprint density at radius 1 is 1.14 bits per heavy atom. The highest BCUT2D eigenvalue weighted by molar-refractivity contribution is 9.10. The van der Waals surface area contributed by atoms with Crippen LogP contribution in [0.1, 0.15) is 21.7 Å². The first kappa shape index (κ1) is 18.8. The van der Waals surface area contributed by atoms with Gasteiger partial charge in [0.2, 0.25) is 0 Å². The van der Waals surface area contributed by atoms with Crippen molar-refractivity contribution in [3.8, 4) is 0 Å². The van der Waals surface area contributed by atoms with E-state index in [4.69, 9.17) is 4.98 Å². The molecule has 0 spiro atoms. The Balaban J connectivity index is 1.68. The zero-order chi connectivity index (χ0) is 19.7. The lowest BCUT2D eigenvalue weighted by molar-refractivity contribution is 0.0985. The van der Waals surface area contributed by atoms with E-state index >= 15 is 0 Å². The molecule has 2 heterocycles. The van der Waals surface area contributed by atoms with Crippen molar-refractivity contribution in [3.05, 3.63) is 76.0 Å². The van der Waals surface area contributed by atoms with Gasteiger partial charge in [-0.3, -0.25) is 14.4 Å². The van der Waals surface area contributed by atoms with Crippen LogP contribution >= 0.6 is 27.3 Å². The number of anilines is 1. The molecule has 5 nitrogen and oxygen atoms in total. The van der Waals surface area contributed by atoms with E-state index in [9.17, 15) is 4.79 Å². The van der Waals surface area contributed by atoms with Crippen molar-refractivity contribution in [1.29, 1.82) is 0 Å². The van der Waals surface area contributed by atoms with Crippen LogP contribution in [0.4, 0.5) is 5.13 Å². The Morgan fingerprint density at radius 3 is 2.57 bits per heavy atom. The molecule has 2 aromatic heterocycles. The average Bonchev–Trinajstić information content (AvgIpc) is 3.24. The van der Waals surface area contributed by atoms with Gasteiger partial charge in [0.1, 0.15) is 0 Å². The molecule has 2 aromatic carbocycles. The highest BCUT2D eigenvalue weighted by Gasteiger charge is 2.21. The van der Waals surface area contributed by atoms with Gasteiger partial charge in [-0.25, -0.2) is 4.98 Å². The van der Waals surface area contributed by atoms with Gasteiger partial charge < -0.3 is 0 Å². The first-order chi connectivity index (χ1) is 13.5. The fraction of sp³-hybridized carbons (Fsp3) is 0.190. The lowest BCUT2D eigenvalue weighted by Gasteiger charge is -2.20. The van der Waals surface area contributed by atoms with Crippen LogP contribution in [0.3, 0.4) is 0 Å². The molecule has 0 aliphatic rings. The second-order valence-electron chi connectivity index (χ2n) is 6.58. The zero-order valence-corrected chi connectivity index (χ0v) is 18.0. The van der Waals surface area contributed by atoms with Crippen molar-refractivity contribution in [2.75, 3.05) is 11.4 Å². The molecule has 142 valence electrons. The van der Waals surface area contributed by atoms with Crippen LogP contribution in [0, 0.1) is 13.8 Å². The first-order valence-electron chi connectivity index (χ1n) is 8.95. The summed E-state index contributed by atoms with van der Waals surface area (Å²) in [6.07, 6.45) is 0. The van der Waals surface area contributed by atoms with E-state index in [2.05, 4.69) is 21.0 Å². The summed E-state index contributed by atoms with van der Waals surface area (Å²) in [6.45, 7) is 5.11. The summed E-state index contributed by atoms with van der Waals surface area (Å²) in [7, 11) is 0. The van der Waals surface area contributed by atoms with Crippen molar-refractivity contribution in [1.82, 2.24) is 14.8 Å². The third kappa shape index (κ3) is 3.86. The standard InChI is InChI=1S/C21H19BrN4OS/c1-14-13-15(2)26(24-14)12-11-25(20(27)16-7-9-17(22)10-8-16)21-23-18-5-3-4-6-19(18)28-21/h3-10,13H,11-12H2,1-2H3. The third-order valence-corrected chi connectivity index (χ3v) is 6.08. The predicted octanol–water partition coefficient (Wildman–Crippen LogP) is 5.22. The first-order valence-corrected chi connectivity index (χ1v) is 10.6. The lowest BCUT2D eigenvalue weighted by Crippen LogP contribution is -2.34. The van der Waals surface area contributed by atoms with Crippen molar-refractivity contribution in [2.45, 2.75) is 20.4 Å². The van der Waals surface area contributed by atoms with Gasteiger partial charge in [0.25, 0.3) is 5.91 Å². The van der Waals surface area contributed by atoms with E-state index in [1.54, 1.807) is 4.90 Å². The van der Waals surface area contributed by atoms with E-state index in [-0.39, 0.29) is 5.91 Å². The third-order valence-electron chi connectivity index (χ3n) is 4.49. The molecular formula is C21H19BrN4OS. The number of aryl methyl sites for hydroxylation is 2. The van der Waals surface area contributed by atoms with Crippen LogP contribution in [-0.4, -0.2) is 27.2 Å². The Labute approximate surface area is 175 Å². The quantitative estimate of drug-likeness (QED) is 0.415. The van der Waals surface area contributed by atoms with Gasteiger partial charge in [-0.15, -0.1) is 0 Å². The van der Waals surface area contributed by atoms with Crippen LogP contribution in [-0.2, 0) is 6.54 Å². The molecule has 0 atom stereocenters. The van der Waals surface area contributed by atoms with Crippen LogP contribution in [0.25, 0.3) is 10.2 Å². The minimum absolute atomic E-state index is 0.0620. The van der Waals surface area contributed by atoms with Crippen LogP contribution < -0.4 is 4.90 Å². The zero-order valence-electron chi connectivity index (χ0n) is 15.6. The number of benzene rings is 2. The summed E-state index contributed by atoms with van der Waals surface area (Å²) in [6, 6.07) is 17.4. The number of carbonyl (C=O) groups is 1. The lowest BCUT2D eigenvalue weighted by atomic mass is 10.2. The van der Waals surface area contributed by atoms with Crippen molar-refractivity contribution < 1.29 is 4.79 Å². The number of aromatic nitrogens is 3. The fourth-order valence-electron chi connectivity index (χ4n) is 3.10. The molecule has 0 N–H and O–H groups in total. The molecule has 4 aromatic rings. The molecular weight excluding hydrogens is 436 g/mol. The number of carbonyl (C=O) groups excluding carboxylic acids is 1. The van der Waals surface area contributed by atoms with Crippen molar-refractivity contribution in [2.24, 2.45) is 0 Å². The SMILES string of the molecule is Cc1cc(C)n(CCN(C(=O)c2ccc(Br)cc2)c2nc3ccccc3s2)n1. The summed E-state index contributed by atoms with van der Waals surface area (Å²) in [5, 5.41) is 5.22. The number of hydrogen-bond donors (Lipinski definition) is 0. The molecule has 0 radical (unpaired) electrons. The molecule has 0 bridgehead atoms. The predicted molar refractivity (Wildman–Crippen MR) is 117 cm³/mol. The van der Waals surface area contributed by atoms with Gasteiger partial charge in [-0.1, -0.05) is 39.4 Å². The van der Waals surface area contributed by atoms with Crippen molar-refractivity contribution in [3.63, 3.8) is 0 Å². The summed E-state index contributed by atoms with van der Waals surface area (Å²) < 4.78 is 3.94. The molecule has 0 saturated heterocycles. The van der Waals surface area contributed by atoms with Gasteiger partial charge in [0.15, 0.2) is 5.13 Å². The number of rotatable bonds is 5. The molecule has 0 aliphatic heterocycles. The highest BCUT2D eigenvalue weighted by Crippen LogP contribution is 2.29. The smallest absolute Gasteiger partial charge is 0.260 e. The summed E-state index contributed by atoms with van der Waals surface area (Å²) in [5.41, 5.74) is 3.60. The van der Waals surface area contributed by atoms with Crippen LogP contribution in [0.15, 0.2) is 59.1 Å². The second-order valence-corrected chi connectivity index (χ2v) is 8.50. The maximum Gasteiger partial charge on any atom is 0.260 e. The van der Waals surface area contributed by atoms with Gasteiger partial charge in [-0.05, 0) is 56.3 Å². The van der Waals surface area contributed by atoms with E-state index in [0.29, 0.717) is 23.8 Å². The number of hydrogen-bond acceptors (Lipinski definition) is 4. The second kappa shape index (κ2) is 7.85. The summed E-state index contributed by atoms with van der Waals surface area (Å²) in [4.78, 5) is 19.7. The Kier molecular flexibility index (Phi) is 5.28. The maximum absolute atomic E-state index is 13.3. The number of para-hydroxylation sites is 1. The Hall–Kier alpha value is -2.51. The number of halogens is 1. The van der Waals surface area contributed by atoms with E-state index in [0.717, 1.165) is 26.1 Å². The number of amides is 1. The molecule has 0 saturated carbocycles. The van der Waals surface area contributed by atoms with E-state index in [1.807, 2.05) is 73.1 Å². The number of nitrogens with zero attached hydrogens (tertiary/aromatic N) is 4. The minimum Gasteiger partial charge on any atom is -0.282 e. The van der Waals surface area contributed by atoms with Gasteiger partial charge in [0, 0.05) is 22.3 Å². The fourth-order valence-corrected chi connectivity index (χ4v) is 4.36. The molecule has 28 heavy (non-hydrogen) atoms. The number of fused-ring (bicyclic) bond motifs is 1. The minimum atomic E-state index is -0.0620. The van der Waals surface area contributed by atoms with Gasteiger partial charge >= 0.3 is 0 Å². The monoisotopic (exact) mass is 454 g/mol. The molecule has 4 rings (SSSR count). The average molecular weight is 455 g/mol. The van der Waals surface area contributed by atoms with Gasteiger partial charge in [0.05, 0.1) is 22.5 Å². The van der Waals surface area contributed by atoms with Crippen molar-refractivity contribution >= 4 is 48.5 Å². The van der Waals surface area contributed by atoms with Crippen LogP contribution in [0.2, 0.25) is 0 Å². The number of thiazole rings is 1. The molecule has 0 aliphatic carbocycles. The van der Waals surface area contributed by atoms with Crippen LogP contribution in [0.5, 0.6) is 0 Å². The molecule has 1 amide bonds. The summed E-state index contributed by atoms with van der Waals surface area (Å²) >= 11 is 4.96. The van der Waals surface area contributed by atoms with E-state index in [1.165, 1.54) is 11.3 Å². The Bertz CT molecular complexity index is 1100. The Morgan fingerprint density at radius 2 is 1.89 bits per heavy atom. The highest BCUT2D eigenvalue weighted by atomic mass is 79.9. The topological polar surface area (TPSA) is 51.0 Å².